The Morgan fingerprint density at radius 1 is 1.44 bits per heavy atom. The Morgan fingerprint density at radius 2 is 2.00 bits per heavy atom. The van der Waals surface area contributed by atoms with E-state index in [1.54, 1.807) is 0 Å². The van der Waals surface area contributed by atoms with Crippen molar-refractivity contribution in [3.05, 3.63) is 0 Å². The molecule has 0 bridgehead atoms. The number of hydrogen-bond donors (Lipinski definition) is 1. The molecule has 0 spiro atoms. The molecule has 0 aromatic rings. The van der Waals surface area contributed by atoms with E-state index in [1.807, 2.05) is 13.8 Å². The normalized spacial score (nSPS) is 17.3. The second-order valence-electron chi connectivity index (χ2n) is 2.26. The quantitative estimate of drug-likeness (QED) is 0.621. The Bertz CT molecular complexity index is 63.9. The van der Waals surface area contributed by atoms with E-state index in [-0.39, 0.29) is 12.1 Å². The molecule has 0 rings (SSSR count). The lowest BCUT2D eigenvalue weighted by molar-refractivity contribution is 0.0458. The van der Waals surface area contributed by atoms with Crippen molar-refractivity contribution in [2.24, 2.45) is 5.73 Å². The summed E-state index contributed by atoms with van der Waals surface area (Å²) >= 11 is 0. The van der Waals surface area contributed by atoms with E-state index in [9.17, 15) is 0 Å². The minimum Gasteiger partial charge on any atom is -0.377 e. The van der Waals surface area contributed by atoms with Gasteiger partial charge in [-0.1, -0.05) is 6.92 Å². The van der Waals surface area contributed by atoms with Crippen molar-refractivity contribution in [3.63, 3.8) is 0 Å². The van der Waals surface area contributed by atoms with Gasteiger partial charge in [0.2, 0.25) is 0 Å². The van der Waals surface area contributed by atoms with E-state index in [4.69, 9.17) is 10.5 Å². The molecule has 9 heavy (non-hydrogen) atoms. The minimum absolute atomic E-state index is 0.162. The molecule has 1 unspecified atom stereocenters. The van der Waals surface area contributed by atoms with Crippen molar-refractivity contribution >= 4 is 0 Å². The summed E-state index contributed by atoms with van der Waals surface area (Å²) in [6.07, 6.45) is 1.25. The van der Waals surface area contributed by atoms with Crippen LogP contribution in [-0.4, -0.2) is 18.8 Å². The third-order valence-corrected chi connectivity index (χ3v) is 1.37. The van der Waals surface area contributed by atoms with Crippen molar-refractivity contribution in [1.82, 2.24) is 0 Å². The van der Waals surface area contributed by atoms with Crippen LogP contribution in [0.5, 0.6) is 0 Å². The molecule has 0 aromatic heterocycles. The van der Waals surface area contributed by atoms with Gasteiger partial charge in [0.05, 0.1) is 6.10 Å². The molecule has 0 aliphatic carbocycles. The van der Waals surface area contributed by atoms with Gasteiger partial charge in [0.1, 0.15) is 0 Å². The lowest BCUT2D eigenvalue weighted by Crippen LogP contribution is -2.33. The van der Waals surface area contributed by atoms with Gasteiger partial charge in [-0.2, -0.15) is 0 Å². The summed E-state index contributed by atoms with van der Waals surface area (Å²) in [6, 6.07) is 0.162. The molecule has 2 atom stereocenters. The largest absolute Gasteiger partial charge is 0.377 e. The molecule has 0 aliphatic rings. The van der Waals surface area contributed by atoms with Crippen LogP contribution in [0.4, 0.5) is 0 Å². The maximum Gasteiger partial charge on any atom is 0.0720 e. The molecule has 2 heteroatoms. The highest BCUT2D eigenvalue weighted by Crippen LogP contribution is 2.00. The van der Waals surface area contributed by atoms with Crippen LogP contribution in [0.2, 0.25) is 0 Å². The van der Waals surface area contributed by atoms with E-state index in [2.05, 4.69) is 6.92 Å². The van der Waals surface area contributed by atoms with Crippen LogP contribution in [0.25, 0.3) is 0 Å². The lowest BCUT2D eigenvalue weighted by atomic mass is 10.1. The lowest BCUT2D eigenvalue weighted by Gasteiger charge is -2.18. The molecule has 0 amide bonds. The van der Waals surface area contributed by atoms with Crippen LogP contribution >= 0.6 is 0 Å². The number of rotatable bonds is 4. The van der Waals surface area contributed by atoms with E-state index in [1.165, 1.54) is 0 Å². The standard InChI is InChI=1S/C7H17NO/c1-4-7(6(3)8)9-5-2/h6-7H,4-5,8H2,1-3H3/t6-,7?/m1/s1. The first-order valence-electron chi connectivity index (χ1n) is 3.59. The summed E-state index contributed by atoms with van der Waals surface area (Å²) in [5.74, 6) is 0. The second-order valence-corrected chi connectivity index (χ2v) is 2.26. The fourth-order valence-electron chi connectivity index (χ4n) is 0.855. The third-order valence-electron chi connectivity index (χ3n) is 1.37. The zero-order valence-electron chi connectivity index (χ0n) is 6.55. The first-order chi connectivity index (χ1) is 4.22. The maximum absolute atomic E-state index is 5.61. The van der Waals surface area contributed by atoms with Crippen LogP contribution in [0.15, 0.2) is 0 Å². The van der Waals surface area contributed by atoms with Crippen LogP contribution in [0.1, 0.15) is 27.2 Å². The highest BCUT2D eigenvalue weighted by Gasteiger charge is 2.09. The molecule has 0 saturated carbocycles. The van der Waals surface area contributed by atoms with E-state index in [0.29, 0.717) is 0 Å². The molecule has 0 aromatic carbocycles. The van der Waals surface area contributed by atoms with Gasteiger partial charge in [-0.05, 0) is 20.3 Å². The molecule has 56 valence electrons. The zero-order valence-corrected chi connectivity index (χ0v) is 6.55. The molecule has 0 aliphatic heterocycles. The van der Waals surface area contributed by atoms with Crippen LogP contribution in [-0.2, 0) is 4.74 Å². The topological polar surface area (TPSA) is 35.2 Å². The molecule has 0 saturated heterocycles. The Kier molecular flexibility index (Phi) is 4.72. The highest BCUT2D eigenvalue weighted by atomic mass is 16.5. The van der Waals surface area contributed by atoms with E-state index in [0.717, 1.165) is 13.0 Å². The fraction of sp³-hybridized carbons (Fsp3) is 1.00. The number of hydrogen-bond acceptors (Lipinski definition) is 2. The molecule has 0 radical (unpaired) electrons. The number of ether oxygens (including phenoxy) is 1. The van der Waals surface area contributed by atoms with Crippen LogP contribution in [0.3, 0.4) is 0 Å². The van der Waals surface area contributed by atoms with Gasteiger partial charge in [-0.3, -0.25) is 0 Å². The van der Waals surface area contributed by atoms with Crippen molar-refractivity contribution in [3.8, 4) is 0 Å². The molecular formula is C7H17NO. The summed E-state index contributed by atoms with van der Waals surface area (Å²) in [7, 11) is 0. The number of nitrogens with two attached hydrogens (primary N) is 1. The fourth-order valence-corrected chi connectivity index (χ4v) is 0.855. The van der Waals surface area contributed by atoms with Gasteiger partial charge in [0, 0.05) is 12.6 Å². The summed E-state index contributed by atoms with van der Waals surface area (Å²) in [5, 5.41) is 0. The first-order valence-corrected chi connectivity index (χ1v) is 3.59. The Hall–Kier alpha value is -0.0800. The second kappa shape index (κ2) is 4.77. The predicted molar refractivity (Wildman–Crippen MR) is 39.4 cm³/mol. The van der Waals surface area contributed by atoms with Crippen molar-refractivity contribution in [1.29, 1.82) is 0 Å². The molecule has 0 heterocycles. The average molecular weight is 131 g/mol. The molecular weight excluding hydrogens is 114 g/mol. The van der Waals surface area contributed by atoms with Crippen molar-refractivity contribution in [2.45, 2.75) is 39.3 Å². The van der Waals surface area contributed by atoms with Gasteiger partial charge in [-0.25, -0.2) is 0 Å². The highest BCUT2D eigenvalue weighted by molar-refractivity contribution is 4.65. The van der Waals surface area contributed by atoms with Gasteiger partial charge >= 0.3 is 0 Å². The zero-order chi connectivity index (χ0) is 7.28. The molecule has 2 nitrogen and oxygen atoms in total. The predicted octanol–water partition coefficient (Wildman–Crippen LogP) is 1.15. The van der Waals surface area contributed by atoms with Gasteiger partial charge in [0.25, 0.3) is 0 Å². The molecule has 2 N–H and O–H groups in total. The SMILES string of the molecule is CCOC(CC)[C@@H](C)N. The van der Waals surface area contributed by atoms with Crippen LogP contribution in [0, 0.1) is 0 Å². The third kappa shape index (κ3) is 3.49. The summed E-state index contributed by atoms with van der Waals surface area (Å²) in [4.78, 5) is 0. The summed E-state index contributed by atoms with van der Waals surface area (Å²) in [6.45, 7) is 6.82. The van der Waals surface area contributed by atoms with E-state index < -0.39 is 0 Å². The van der Waals surface area contributed by atoms with Crippen molar-refractivity contribution < 1.29 is 4.74 Å². The van der Waals surface area contributed by atoms with Gasteiger partial charge in [-0.15, -0.1) is 0 Å². The maximum atomic E-state index is 5.61. The Labute approximate surface area is 57.4 Å². The monoisotopic (exact) mass is 131 g/mol. The minimum atomic E-state index is 0.162. The van der Waals surface area contributed by atoms with Crippen LogP contribution < -0.4 is 5.73 Å². The smallest absolute Gasteiger partial charge is 0.0720 e. The Morgan fingerprint density at radius 3 is 2.11 bits per heavy atom. The van der Waals surface area contributed by atoms with Gasteiger partial charge in [0.15, 0.2) is 0 Å². The van der Waals surface area contributed by atoms with Crippen molar-refractivity contribution in [2.75, 3.05) is 6.61 Å². The Balaban J connectivity index is 3.41. The van der Waals surface area contributed by atoms with E-state index >= 15 is 0 Å². The first kappa shape index (κ1) is 8.92. The van der Waals surface area contributed by atoms with Gasteiger partial charge < -0.3 is 10.5 Å². The molecule has 0 fully saturated rings. The average Bonchev–Trinajstić information content (AvgIpc) is 1.82. The summed E-state index contributed by atoms with van der Waals surface area (Å²) in [5.41, 5.74) is 5.61. The summed E-state index contributed by atoms with van der Waals surface area (Å²) < 4.78 is 5.33.